The van der Waals surface area contributed by atoms with E-state index < -0.39 is 5.97 Å². The zero-order valence-electron chi connectivity index (χ0n) is 13.9. The molecule has 1 N–H and O–H groups in total. The Hall–Kier alpha value is -2.82. The van der Waals surface area contributed by atoms with Gasteiger partial charge in [-0.15, -0.1) is 0 Å². The summed E-state index contributed by atoms with van der Waals surface area (Å²) in [4.78, 5) is 25.0. The van der Waals surface area contributed by atoms with E-state index in [1.165, 1.54) is 4.90 Å². The van der Waals surface area contributed by atoms with Gasteiger partial charge in [0.05, 0.1) is 13.5 Å². The summed E-state index contributed by atoms with van der Waals surface area (Å²) in [7, 11) is 1.58. The first-order chi connectivity index (χ1) is 11.5. The van der Waals surface area contributed by atoms with Crippen LogP contribution in [0.5, 0.6) is 5.75 Å². The SMILES string of the molecule is COc1cc(CC(=O)N(CC(=O)O)Cc2ccccc2)ccc1C. The Morgan fingerprint density at radius 3 is 2.42 bits per heavy atom. The van der Waals surface area contributed by atoms with Gasteiger partial charge in [-0.05, 0) is 29.7 Å². The van der Waals surface area contributed by atoms with Gasteiger partial charge in [0, 0.05) is 6.54 Å². The fourth-order valence-corrected chi connectivity index (χ4v) is 2.46. The van der Waals surface area contributed by atoms with E-state index in [1.807, 2.05) is 55.5 Å². The van der Waals surface area contributed by atoms with Crippen molar-refractivity contribution in [2.24, 2.45) is 0 Å². The number of amides is 1. The van der Waals surface area contributed by atoms with E-state index in [4.69, 9.17) is 9.84 Å². The van der Waals surface area contributed by atoms with Crippen LogP contribution in [-0.4, -0.2) is 35.5 Å². The Morgan fingerprint density at radius 2 is 1.79 bits per heavy atom. The molecule has 24 heavy (non-hydrogen) atoms. The zero-order chi connectivity index (χ0) is 17.5. The van der Waals surface area contributed by atoms with E-state index in [9.17, 15) is 9.59 Å². The molecule has 0 radical (unpaired) electrons. The molecular weight excluding hydrogens is 306 g/mol. The monoisotopic (exact) mass is 327 g/mol. The number of aliphatic carboxylic acids is 1. The van der Waals surface area contributed by atoms with Crippen LogP contribution in [0.1, 0.15) is 16.7 Å². The second-order valence-corrected chi connectivity index (χ2v) is 5.61. The van der Waals surface area contributed by atoms with Crippen molar-refractivity contribution in [3.63, 3.8) is 0 Å². The molecule has 0 fully saturated rings. The van der Waals surface area contributed by atoms with E-state index in [0.717, 1.165) is 16.7 Å². The largest absolute Gasteiger partial charge is 0.496 e. The third-order valence-corrected chi connectivity index (χ3v) is 3.72. The van der Waals surface area contributed by atoms with Crippen molar-refractivity contribution >= 4 is 11.9 Å². The number of benzene rings is 2. The Kier molecular flexibility index (Phi) is 5.95. The molecule has 0 heterocycles. The third-order valence-electron chi connectivity index (χ3n) is 3.72. The van der Waals surface area contributed by atoms with Crippen LogP contribution in [0.25, 0.3) is 0 Å². The van der Waals surface area contributed by atoms with Crippen molar-refractivity contribution in [2.45, 2.75) is 19.9 Å². The van der Waals surface area contributed by atoms with E-state index in [2.05, 4.69) is 0 Å². The van der Waals surface area contributed by atoms with E-state index in [1.54, 1.807) is 7.11 Å². The Bertz CT molecular complexity index is 713. The molecule has 126 valence electrons. The van der Waals surface area contributed by atoms with Gasteiger partial charge in [0.1, 0.15) is 12.3 Å². The molecule has 0 atom stereocenters. The molecule has 2 rings (SSSR count). The highest BCUT2D eigenvalue weighted by molar-refractivity contribution is 5.83. The number of carboxylic acids is 1. The molecular formula is C19H21NO4. The number of carboxylic acid groups (broad SMARTS) is 1. The zero-order valence-corrected chi connectivity index (χ0v) is 13.9. The molecule has 2 aromatic rings. The van der Waals surface area contributed by atoms with Crippen LogP contribution in [-0.2, 0) is 22.6 Å². The second-order valence-electron chi connectivity index (χ2n) is 5.61. The lowest BCUT2D eigenvalue weighted by Gasteiger charge is -2.21. The van der Waals surface area contributed by atoms with Crippen LogP contribution < -0.4 is 4.74 Å². The number of carbonyl (C=O) groups excluding carboxylic acids is 1. The third kappa shape index (κ3) is 4.84. The van der Waals surface area contributed by atoms with Crippen LogP contribution in [0.4, 0.5) is 0 Å². The van der Waals surface area contributed by atoms with Crippen LogP contribution >= 0.6 is 0 Å². The molecule has 0 bridgehead atoms. The maximum atomic E-state index is 12.6. The van der Waals surface area contributed by atoms with Crippen LogP contribution in [0.3, 0.4) is 0 Å². The number of ether oxygens (including phenoxy) is 1. The first-order valence-corrected chi connectivity index (χ1v) is 7.66. The van der Waals surface area contributed by atoms with Gasteiger partial charge in [-0.2, -0.15) is 0 Å². The lowest BCUT2D eigenvalue weighted by atomic mass is 10.1. The molecule has 0 aliphatic rings. The van der Waals surface area contributed by atoms with Gasteiger partial charge in [-0.25, -0.2) is 0 Å². The summed E-state index contributed by atoms with van der Waals surface area (Å²) in [6, 6.07) is 14.9. The van der Waals surface area contributed by atoms with Crippen LogP contribution in [0.2, 0.25) is 0 Å². The molecule has 0 aliphatic heterocycles. The molecule has 0 saturated carbocycles. The topological polar surface area (TPSA) is 66.8 Å². The highest BCUT2D eigenvalue weighted by atomic mass is 16.5. The number of methoxy groups -OCH3 is 1. The molecule has 0 saturated heterocycles. The van der Waals surface area contributed by atoms with Crippen molar-refractivity contribution < 1.29 is 19.4 Å². The average molecular weight is 327 g/mol. The summed E-state index contributed by atoms with van der Waals surface area (Å²) in [5.74, 6) is -0.541. The predicted octanol–water partition coefficient (Wildman–Crippen LogP) is 2.66. The predicted molar refractivity (Wildman–Crippen MR) is 90.9 cm³/mol. The van der Waals surface area contributed by atoms with Crippen molar-refractivity contribution in [1.29, 1.82) is 0 Å². The van der Waals surface area contributed by atoms with Crippen molar-refractivity contribution in [3.05, 3.63) is 65.2 Å². The minimum absolute atomic E-state index is 0.136. The lowest BCUT2D eigenvalue weighted by molar-refractivity contribution is -0.144. The summed E-state index contributed by atoms with van der Waals surface area (Å²) < 4.78 is 5.27. The molecule has 0 aromatic heterocycles. The fourth-order valence-electron chi connectivity index (χ4n) is 2.46. The Morgan fingerprint density at radius 1 is 1.08 bits per heavy atom. The van der Waals surface area contributed by atoms with Gasteiger partial charge in [-0.1, -0.05) is 42.5 Å². The van der Waals surface area contributed by atoms with E-state index in [-0.39, 0.29) is 25.4 Å². The van der Waals surface area contributed by atoms with Crippen molar-refractivity contribution in [2.75, 3.05) is 13.7 Å². The number of hydrogen-bond donors (Lipinski definition) is 1. The number of aryl methyl sites for hydroxylation is 1. The van der Waals surface area contributed by atoms with Crippen molar-refractivity contribution in [3.8, 4) is 5.75 Å². The molecule has 0 spiro atoms. The highest BCUT2D eigenvalue weighted by Crippen LogP contribution is 2.20. The van der Waals surface area contributed by atoms with Gasteiger partial charge in [0.25, 0.3) is 0 Å². The van der Waals surface area contributed by atoms with Crippen LogP contribution in [0, 0.1) is 6.92 Å². The average Bonchev–Trinajstić information content (AvgIpc) is 2.56. The standard InChI is InChI=1S/C19H21NO4/c1-14-8-9-16(10-17(14)24-2)11-18(21)20(13-19(22)23)12-15-6-4-3-5-7-15/h3-10H,11-13H2,1-2H3,(H,22,23). The fraction of sp³-hybridized carbons (Fsp3) is 0.263. The number of nitrogens with zero attached hydrogens (tertiary/aromatic N) is 1. The van der Waals surface area contributed by atoms with Crippen LogP contribution in [0.15, 0.2) is 48.5 Å². The number of carbonyl (C=O) groups is 2. The number of rotatable bonds is 7. The highest BCUT2D eigenvalue weighted by Gasteiger charge is 2.18. The molecule has 0 aliphatic carbocycles. The molecule has 0 unspecified atom stereocenters. The maximum Gasteiger partial charge on any atom is 0.323 e. The van der Waals surface area contributed by atoms with Gasteiger partial charge < -0.3 is 14.7 Å². The summed E-state index contributed by atoms with van der Waals surface area (Å²) >= 11 is 0. The van der Waals surface area contributed by atoms with Crippen molar-refractivity contribution in [1.82, 2.24) is 4.90 Å². The van der Waals surface area contributed by atoms with Gasteiger partial charge >= 0.3 is 5.97 Å². The Balaban J connectivity index is 2.14. The maximum absolute atomic E-state index is 12.6. The van der Waals surface area contributed by atoms with E-state index >= 15 is 0 Å². The first-order valence-electron chi connectivity index (χ1n) is 7.66. The summed E-state index contributed by atoms with van der Waals surface area (Å²) in [5, 5.41) is 9.08. The Labute approximate surface area is 141 Å². The summed E-state index contributed by atoms with van der Waals surface area (Å²) in [6.45, 7) is 1.88. The van der Waals surface area contributed by atoms with E-state index in [0.29, 0.717) is 5.75 Å². The normalized spacial score (nSPS) is 10.2. The smallest absolute Gasteiger partial charge is 0.323 e. The number of hydrogen-bond acceptors (Lipinski definition) is 3. The van der Waals surface area contributed by atoms with Gasteiger partial charge in [0.15, 0.2) is 0 Å². The van der Waals surface area contributed by atoms with Gasteiger partial charge in [0.2, 0.25) is 5.91 Å². The minimum atomic E-state index is -1.03. The summed E-state index contributed by atoms with van der Waals surface area (Å²) in [6.07, 6.45) is 0.136. The molecule has 1 amide bonds. The lowest BCUT2D eigenvalue weighted by Crippen LogP contribution is -2.36. The second kappa shape index (κ2) is 8.15. The van der Waals surface area contributed by atoms with Gasteiger partial charge in [-0.3, -0.25) is 9.59 Å². The molecule has 5 heteroatoms. The molecule has 5 nitrogen and oxygen atoms in total. The quantitative estimate of drug-likeness (QED) is 0.849. The summed E-state index contributed by atoms with van der Waals surface area (Å²) in [5.41, 5.74) is 2.68. The first kappa shape index (κ1) is 17.5. The molecule has 2 aromatic carbocycles. The minimum Gasteiger partial charge on any atom is -0.496 e.